The van der Waals surface area contributed by atoms with Crippen molar-refractivity contribution in [3.05, 3.63) is 21.4 Å². The van der Waals surface area contributed by atoms with Crippen LogP contribution in [0.2, 0.25) is 0 Å². The van der Waals surface area contributed by atoms with E-state index in [9.17, 15) is 9.90 Å². The lowest BCUT2D eigenvalue weighted by Crippen LogP contribution is -2.45. The zero-order valence-corrected chi connectivity index (χ0v) is 12.8. The van der Waals surface area contributed by atoms with Crippen LogP contribution in [0.1, 0.15) is 52.7 Å². The smallest absolute Gasteiger partial charge is 0.252 e. The maximum absolute atomic E-state index is 12.1. The van der Waals surface area contributed by atoms with Crippen LogP contribution in [0.25, 0.3) is 0 Å². The first-order valence-electron chi connectivity index (χ1n) is 6.97. The molecule has 0 aromatic carbocycles. The highest BCUT2D eigenvalue weighted by atomic mass is 32.1. The number of carbonyl (C=O) groups is 1. The van der Waals surface area contributed by atoms with Crippen LogP contribution in [0.15, 0.2) is 6.07 Å². The van der Waals surface area contributed by atoms with Gasteiger partial charge in [-0.05, 0) is 51.5 Å². The molecule has 1 aliphatic carbocycles. The molecular formula is C15H23NO2S. The number of hydrogen-bond donors (Lipinski definition) is 2. The van der Waals surface area contributed by atoms with Gasteiger partial charge in [-0.25, -0.2) is 0 Å². The van der Waals surface area contributed by atoms with Gasteiger partial charge in [0.2, 0.25) is 0 Å². The Hall–Kier alpha value is -0.870. The molecule has 1 heterocycles. The highest BCUT2D eigenvalue weighted by molar-refractivity contribution is 7.12. The average Bonchev–Trinajstić information content (AvgIpc) is 2.70. The minimum Gasteiger partial charge on any atom is -0.388 e. The predicted octanol–water partition coefficient (Wildman–Crippen LogP) is 3.04. The molecule has 1 saturated carbocycles. The number of thiophene rings is 1. The summed E-state index contributed by atoms with van der Waals surface area (Å²) in [6.07, 6.45) is 3.66. The largest absolute Gasteiger partial charge is 0.388 e. The Morgan fingerprint density at radius 2 is 2.11 bits per heavy atom. The fourth-order valence-corrected chi connectivity index (χ4v) is 3.59. The molecule has 0 saturated heterocycles. The molecule has 2 N–H and O–H groups in total. The fourth-order valence-electron chi connectivity index (χ4n) is 2.67. The monoisotopic (exact) mass is 281 g/mol. The molecule has 0 radical (unpaired) electrons. The van der Waals surface area contributed by atoms with Crippen LogP contribution in [-0.2, 0) is 0 Å². The van der Waals surface area contributed by atoms with Gasteiger partial charge in [-0.1, -0.05) is 6.92 Å². The van der Waals surface area contributed by atoms with Crippen molar-refractivity contribution in [2.45, 2.75) is 52.1 Å². The van der Waals surface area contributed by atoms with Crippen LogP contribution in [0.5, 0.6) is 0 Å². The van der Waals surface area contributed by atoms with Crippen molar-refractivity contribution in [3.8, 4) is 0 Å². The van der Waals surface area contributed by atoms with E-state index in [2.05, 4.69) is 12.2 Å². The molecular weight excluding hydrogens is 258 g/mol. The first kappa shape index (κ1) is 14.5. The van der Waals surface area contributed by atoms with Gasteiger partial charge in [0.15, 0.2) is 0 Å². The Bertz CT molecular complexity index is 459. The molecule has 106 valence electrons. The van der Waals surface area contributed by atoms with Crippen molar-refractivity contribution in [3.63, 3.8) is 0 Å². The van der Waals surface area contributed by atoms with Crippen LogP contribution < -0.4 is 5.32 Å². The SMILES string of the molecule is Cc1cc(C(=O)NCC2(O)CCC(C)CC2)c(C)s1. The summed E-state index contributed by atoms with van der Waals surface area (Å²) in [6.45, 7) is 6.55. The molecule has 0 spiro atoms. The summed E-state index contributed by atoms with van der Waals surface area (Å²) >= 11 is 1.64. The van der Waals surface area contributed by atoms with E-state index in [4.69, 9.17) is 0 Å². The van der Waals surface area contributed by atoms with E-state index in [0.29, 0.717) is 12.5 Å². The first-order chi connectivity index (χ1) is 8.89. The summed E-state index contributed by atoms with van der Waals surface area (Å²) in [5, 5.41) is 13.3. The van der Waals surface area contributed by atoms with Crippen LogP contribution in [0.3, 0.4) is 0 Å². The fraction of sp³-hybridized carbons (Fsp3) is 0.667. The molecule has 2 rings (SSSR count). The van der Waals surface area contributed by atoms with E-state index in [0.717, 1.165) is 41.0 Å². The van der Waals surface area contributed by atoms with Crippen molar-refractivity contribution in [1.29, 1.82) is 0 Å². The van der Waals surface area contributed by atoms with Gasteiger partial charge in [0, 0.05) is 16.3 Å². The van der Waals surface area contributed by atoms with E-state index in [1.54, 1.807) is 11.3 Å². The van der Waals surface area contributed by atoms with E-state index in [-0.39, 0.29) is 5.91 Å². The Morgan fingerprint density at radius 1 is 1.47 bits per heavy atom. The van der Waals surface area contributed by atoms with Gasteiger partial charge in [0.1, 0.15) is 0 Å². The van der Waals surface area contributed by atoms with Crippen LogP contribution in [0, 0.1) is 19.8 Å². The Balaban J connectivity index is 1.92. The molecule has 1 aromatic heterocycles. The zero-order chi connectivity index (χ0) is 14.0. The first-order valence-corrected chi connectivity index (χ1v) is 7.79. The number of aryl methyl sites for hydroxylation is 2. The topological polar surface area (TPSA) is 49.3 Å². The summed E-state index contributed by atoms with van der Waals surface area (Å²) in [6, 6.07) is 1.92. The number of aliphatic hydroxyl groups is 1. The van der Waals surface area contributed by atoms with Crippen LogP contribution >= 0.6 is 11.3 Å². The van der Waals surface area contributed by atoms with E-state index >= 15 is 0 Å². The summed E-state index contributed by atoms with van der Waals surface area (Å²) in [5.41, 5.74) is 0.0384. The second-order valence-corrected chi connectivity index (χ2v) is 7.38. The van der Waals surface area contributed by atoms with Crippen molar-refractivity contribution in [2.24, 2.45) is 5.92 Å². The number of amides is 1. The van der Waals surface area contributed by atoms with Gasteiger partial charge in [-0.2, -0.15) is 0 Å². The minimum absolute atomic E-state index is 0.0612. The molecule has 0 bridgehead atoms. The predicted molar refractivity (Wildman–Crippen MR) is 78.7 cm³/mol. The van der Waals surface area contributed by atoms with Crippen LogP contribution in [0.4, 0.5) is 0 Å². The highest BCUT2D eigenvalue weighted by Crippen LogP contribution is 2.31. The van der Waals surface area contributed by atoms with Crippen molar-refractivity contribution in [2.75, 3.05) is 6.54 Å². The molecule has 0 unspecified atom stereocenters. The summed E-state index contributed by atoms with van der Waals surface area (Å²) in [5.74, 6) is 0.631. The lowest BCUT2D eigenvalue weighted by Gasteiger charge is -2.34. The maximum atomic E-state index is 12.1. The number of nitrogens with one attached hydrogen (secondary N) is 1. The van der Waals surface area contributed by atoms with E-state index < -0.39 is 5.60 Å². The van der Waals surface area contributed by atoms with Gasteiger partial charge in [0.25, 0.3) is 5.91 Å². The third-order valence-corrected chi connectivity index (χ3v) is 5.03. The molecule has 4 heteroatoms. The number of carbonyl (C=O) groups excluding carboxylic acids is 1. The standard InChI is InChI=1S/C15H23NO2S/c1-10-4-6-15(18,7-5-10)9-16-14(17)13-8-11(2)19-12(13)3/h8,10,18H,4-7,9H2,1-3H3,(H,16,17). The average molecular weight is 281 g/mol. The van der Waals surface area contributed by atoms with Crippen molar-refractivity contribution >= 4 is 17.2 Å². The van der Waals surface area contributed by atoms with Gasteiger partial charge in [-0.15, -0.1) is 11.3 Å². The molecule has 1 fully saturated rings. The lowest BCUT2D eigenvalue weighted by molar-refractivity contribution is -0.00540. The summed E-state index contributed by atoms with van der Waals surface area (Å²) in [4.78, 5) is 14.3. The van der Waals surface area contributed by atoms with Gasteiger partial charge in [-0.3, -0.25) is 4.79 Å². The Labute approximate surface area is 119 Å². The number of rotatable bonds is 3. The molecule has 0 atom stereocenters. The quantitative estimate of drug-likeness (QED) is 0.894. The lowest BCUT2D eigenvalue weighted by atomic mass is 9.79. The van der Waals surface area contributed by atoms with Gasteiger partial charge < -0.3 is 10.4 Å². The third kappa shape index (κ3) is 3.57. The Kier molecular flexibility index (Phi) is 4.31. The second-order valence-electron chi connectivity index (χ2n) is 5.92. The zero-order valence-electron chi connectivity index (χ0n) is 12.0. The summed E-state index contributed by atoms with van der Waals surface area (Å²) in [7, 11) is 0. The van der Waals surface area contributed by atoms with Gasteiger partial charge in [0.05, 0.1) is 11.2 Å². The summed E-state index contributed by atoms with van der Waals surface area (Å²) < 4.78 is 0. The van der Waals surface area contributed by atoms with Crippen molar-refractivity contribution < 1.29 is 9.90 Å². The maximum Gasteiger partial charge on any atom is 0.252 e. The molecule has 0 aliphatic heterocycles. The number of hydrogen-bond acceptors (Lipinski definition) is 3. The molecule has 1 aromatic rings. The van der Waals surface area contributed by atoms with Crippen molar-refractivity contribution in [1.82, 2.24) is 5.32 Å². The minimum atomic E-state index is -0.707. The third-order valence-electron chi connectivity index (χ3n) is 4.07. The van der Waals surface area contributed by atoms with Crippen LogP contribution in [-0.4, -0.2) is 23.2 Å². The molecule has 3 nitrogen and oxygen atoms in total. The highest BCUT2D eigenvalue weighted by Gasteiger charge is 2.32. The molecule has 19 heavy (non-hydrogen) atoms. The van der Waals surface area contributed by atoms with Gasteiger partial charge >= 0.3 is 0 Å². The normalized spacial score (nSPS) is 27.3. The second kappa shape index (κ2) is 5.63. The Morgan fingerprint density at radius 3 is 2.63 bits per heavy atom. The van der Waals surface area contributed by atoms with E-state index in [1.807, 2.05) is 19.9 Å². The van der Waals surface area contributed by atoms with E-state index in [1.165, 1.54) is 0 Å². The molecule has 1 amide bonds. The molecule has 1 aliphatic rings.